The number of nitrogens with zero attached hydrogens (tertiary/aromatic N) is 1. The van der Waals surface area contributed by atoms with Crippen molar-refractivity contribution in [2.75, 3.05) is 27.9 Å². The molecule has 300 valence electrons. The number of hydrogen-bond donors (Lipinski definition) is 2. The Morgan fingerprint density at radius 3 is 1.32 bits per heavy atom. The highest BCUT2D eigenvalue weighted by atomic mass is 31.2. The molecule has 0 bridgehead atoms. The lowest BCUT2D eigenvalue weighted by atomic mass is 9.79. The maximum absolute atomic E-state index is 14.5. The molecule has 0 aliphatic heterocycles. The van der Waals surface area contributed by atoms with E-state index in [2.05, 4.69) is 119 Å². The molecule has 0 saturated carbocycles. The number of rotatable bonds is 17. The van der Waals surface area contributed by atoms with E-state index >= 15 is 0 Å². The fraction of sp³-hybridized carbons (Fsp3) is 0.327. The molecular weight excluding hydrogens is 726 g/mol. The van der Waals surface area contributed by atoms with Gasteiger partial charge in [-0.25, -0.2) is 0 Å². The van der Waals surface area contributed by atoms with E-state index in [-0.39, 0.29) is 28.6 Å². The highest BCUT2D eigenvalue weighted by Gasteiger charge is 2.35. The van der Waals surface area contributed by atoms with Gasteiger partial charge < -0.3 is 24.8 Å². The lowest BCUT2D eigenvalue weighted by Gasteiger charge is -2.37. The number of Topliss-reactive ketones (excluding diaryl/α,β-unsaturated/α-hetero) is 1. The number of carbonyl (C=O) groups excluding carboxylic acids is 1. The van der Waals surface area contributed by atoms with Crippen molar-refractivity contribution >= 4 is 28.8 Å². The van der Waals surface area contributed by atoms with Crippen molar-refractivity contribution in [2.45, 2.75) is 66.0 Å². The third-order valence-corrected chi connectivity index (χ3v) is 14.2. The molecule has 2 atom stereocenters. The average Bonchev–Trinajstić information content (AvgIpc) is 3.22. The van der Waals surface area contributed by atoms with Gasteiger partial charge in [0.1, 0.15) is 17.2 Å². The molecular formula is C49H60N3O4P. The van der Waals surface area contributed by atoms with Gasteiger partial charge in [-0.1, -0.05) is 109 Å². The zero-order valence-electron chi connectivity index (χ0n) is 35.1. The maximum atomic E-state index is 14.5. The van der Waals surface area contributed by atoms with Crippen molar-refractivity contribution in [1.29, 1.82) is 0 Å². The topological polar surface area (TPSA) is 81.2 Å². The summed E-state index contributed by atoms with van der Waals surface area (Å²) in [6, 6.07) is 44.7. The number of nitrogens with one attached hydrogen (secondary N) is 2. The van der Waals surface area contributed by atoms with Crippen LogP contribution in [0.5, 0.6) is 17.2 Å². The predicted molar refractivity (Wildman–Crippen MR) is 238 cm³/mol. The van der Waals surface area contributed by atoms with Crippen LogP contribution in [-0.4, -0.2) is 45.7 Å². The Hall–Kier alpha value is -5.26. The van der Waals surface area contributed by atoms with E-state index in [1.807, 2.05) is 72.8 Å². The van der Waals surface area contributed by atoms with E-state index < -0.39 is 13.1 Å². The van der Waals surface area contributed by atoms with E-state index in [1.165, 1.54) is 0 Å². The van der Waals surface area contributed by atoms with Crippen LogP contribution in [0.25, 0.3) is 0 Å². The van der Waals surface area contributed by atoms with Crippen molar-refractivity contribution < 1.29 is 19.0 Å². The lowest BCUT2D eigenvalue weighted by Crippen LogP contribution is -2.52. The van der Waals surface area contributed by atoms with Gasteiger partial charge in [-0.15, -0.1) is 0 Å². The van der Waals surface area contributed by atoms with Crippen LogP contribution in [0.3, 0.4) is 0 Å². The van der Waals surface area contributed by atoms with E-state index in [4.69, 9.17) is 19.0 Å². The first-order chi connectivity index (χ1) is 27.2. The second-order valence-corrected chi connectivity index (χ2v) is 19.7. The van der Waals surface area contributed by atoms with Crippen molar-refractivity contribution in [3.8, 4) is 17.2 Å². The second kappa shape index (κ2) is 18.8. The molecule has 0 aliphatic carbocycles. The third kappa shape index (κ3) is 10.6. The number of ketones is 1. The highest BCUT2D eigenvalue weighted by Crippen LogP contribution is 2.48. The van der Waals surface area contributed by atoms with E-state index in [9.17, 15) is 4.79 Å². The lowest BCUT2D eigenvalue weighted by molar-refractivity contribution is -0.123. The van der Waals surface area contributed by atoms with Crippen molar-refractivity contribution in [3.63, 3.8) is 0 Å². The summed E-state index contributed by atoms with van der Waals surface area (Å²) in [6.45, 7) is 17.8. The zero-order valence-corrected chi connectivity index (χ0v) is 36.0. The number of benzene rings is 5. The van der Waals surface area contributed by atoms with Crippen LogP contribution in [0, 0.1) is 10.8 Å². The van der Waals surface area contributed by atoms with Gasteiger partial charge in [-0.05, 0) is 94.8 Å². The monoisotopic (exact) mass is 785 g/mol. The Morgan fingerprint density at radius 1 is 0.596 bits per heavy atom. The van der Waals surface area contributed by atoms with E-state index in [0.29, 0.717) is 18.8 Å². The van der Waals surface area contributed by atoms with Crippen LogP contribution in [0.2, 0.25) is 0 Å². The molecule has 0 aromatic heterocycles. The largest absolute Gasteiger partial charge is 0.497 e. The van der Waals surface area contributed by atoms with Gasteiger partial charge in [-0.3, -0.25) is 9.54 Å². The van der Waals surface area contributed by atoms with Gasteiger partial charge in [0.05, 0.1) is 52.8 Å². The molecule has 0 aliphatic rings. The molecule has 0 radical (unpaired) electrons. The summed E-state index contributed by atoms with van der Waals surface area (Å²) in [5.74, 6) is 2.99. The molecule has 0 heterocycles. The first-order valence-corrected chi connectivity index (χ1v) is 21.3. The van der Waals surface area contributed by atoms with Crippen LogP contribution in [-0.2, 0) is 4.79 Å². The van der Waals surface area contributed by atoms with Crippen molar-refractivity contribution in [2.24, 2.45) is 15.6 Å². The van der Waals surface area contributed by atoms with Crippen LogP contribution in [0.4, 0.5) is 0 Å². The third-order valence-electron chi connectivity index (χ3n) is 10.5. The Morgan fingerprint density at radius 2 is 0.982 bits per heavy atom. The molecule has 8 heteroatoms. The Balaban J connectivity index is 1.52. The van der Waals surface area contributed by atoms with Gasteiger partial charge in [-0.2, -0.15) is 0 Å². The minimum Gasteiger partial charge on any atom is -0.497 e. The molecule has 0 amide bonds. The summed E-state index contributed by atoms with van der Waals surface area (Å²) >= 11 is 0. The minimum absolute atomic E-state index is 0.0696. The van der Waals surface area contributed by atoms with Gasteiger partial charge in [0, 0.05) is 28.3 Å². The molecule has 57 heavy (non-hydrogen) atoms. The molecule has 2 N–H and O–H groups in total. The molecule has 7 nitrogen and oxygen atoms in total. The first-order valence-electron chi connectivity index (χ1n) is 19.6. The van der Waals surface area contributed by atoms with Crippen molar-refractivity contribution in [3.05, 3.63) is 157 Å². The molecule has 0 saturated heterocycles. The van der Waals surface area contributed by atoms with Crippen LogP contribution < -0.4 is 40.8 Å². The van der Waals surface area contributed by atoms with E-state index in [1.54, 1.807) is 21.3 Å². The Bertz CT molecular complexity index is 1940. The summed E-state index contributed by atoms with van der Waals surface area (Å²) in [7, 11) is 2.39. The van der Waals surface area contributed by atoms with Crippen LogP contribution >= 0.6 is 7.05 Å². The SMILES string of the molecule is C=C(N[C@@H](CN=P(c1ccc(OC)cc1)(c1ccc(OC)cc1)c1ccc(OC)cc1)C(C)(C)C)N[C@@H](C(=O)CC(c1ccccc1)c1ccccc1)C(C)(C)C. The standard InChI is InChI=1S/C49H60N3O4P/c1-35(52-47(49(5,6)7)45(53)33-44(36-17-13-11-14-18-36)37-19-15-12-16-20-37)51-46(48(2,3)4)34-50-57(41-27-21-38(54-8)22-28-41,42-29-23-39(55-9)24-30-42)43-31-25-40(56-10)26-32-43/h11-32,44,46-47,51-52H,1,33-34H2,2-10H3/t46-,47-/m0/s1. The summed E-state index contributed by atoms with van der Waals surface area (Å²) in [5.41, 5.74) is 1.61. The highest BCUT2D eigenvalue weighted by molar-refractivity contribution is 7.87. The summed E-state index contributed by atoms with van der Waals surface area (Å²) < 4.78 is 22.5. The predicted octanol–water partition coefficient (Wildman–Crippen LogP) is 9.46. The molecule has 5 aromatic rings. The molecule has 0 fully saturated rings. The normalized spacial score (nSPS) is 12.9. The van der Waals surface area contributed by atoms with Crippen LogP contribution in [0.15, 0.2) is 151 Å². The Labute approximate surface area is 340 Å². The van der Waals surface area contributed by atoms with E-state index in [0.717, 1.165) is 44.3 Å². The molecule has 0 unspecified atom stereocenters. The average molecular weight is 786 g/mol. The number of ether oxygens (including phenoxy) is 3. The summed E-state index contributed by atoms with van der Waals surface area (Å²) in [5, 5.41) is 10.6. The first kappa shape index (κ1) is 42.9. The van der Waals surface area contributed by atoms with Crippen LogP contribution in [0.1, 0.15) is 65.0 Å². The van der Waals surface area contributed by atoms with Gasteiger partial charge in [0.2, 0.25) is 0 Å². The number of hydrogen-bond acceptors (Lipinski definition) is 7. The molecule has 5 rings (SSSR count). The number of carbonyl (C=O) groups is 1. The van der Waals surface area contributed by atoms with Gasteiger partial charge in [0.15, 0.2) is 5.78 Å². The van der Waals surface area contributed by atoms with Gasteiger partial charge >= 0.3 is 0 Å². The fourth-order valence-electron chi connectivity index (χ4n) is 7.15. The smallest absolute Gasteiger partial charge is 0.156 e. The van der Waals surface area contributed by atoms with Gasteiger partial charge in [0.25, 0.3) is 0 Å². The second-order valence-electron chi connectivity index (χ2n) is 16.6. The summed E-state index contributed by atoms with van der Waals surface area (Å²) in [4.78, 5) is 14.5. The summed E-state index contributed by atoms with van der Waals surface area (Å²) in [6.07, 6.45) is 0.354. The quantitative estimate of drug-likeness (QED) is 0.0915. The molecule has 0 spiro atoms. The zero-order chi connectivity index (χ0) is 41.2. The minimum atomic E-state index is -2.64. The fourth-order valence-corrected chi connectivity index (χ4v) is 10.7. The van der Waals surface area contributed by atoms with Crippen molar-refractivity contribution in [1.82, 2.24) is 10.6 Å². The Kier molecular flexibility index (Phi) is 14.1. The molecule has 5 aromatic carbocycles. The maximum Gasteiger partial charge on any atom is 0.156 e. The number of methoxy groups -OCH3 is 3.